The number of nitrogens with zero attached hydrogens (tertiary/aromatic N) is 2. The van der Waals surface area contributed by atoms with Crippen molar-refractivity contribution in [1.82, 2.24) is 9.80 Å². The van der Waals surface area contributed by atoms with Crippen LogP contribution in [0, 0.1) is 5.41 Å². The minimum atomic E-state index is 0.367. The summed E-state index contributed by atoms with van der Waals surface area (Å²) in [5.41, 5.74) is 0.954. The Hall–Kier alpha value is -0.0800. The summed E-state index contributed by atoms with van der Waals surface area (Å²) in [6.07, 6.45) is 2.75. The van der Waals surface area contributed by atoms with E-state index in [-0.39, 0.29) is 0 Å². The smallest absolute Gasteiger partial charge is 0.0350 e. The zero-order valence-corrected chi connectivity index (χ0v) is 11.7. The molecule has 2 heterocycles. The van der Waals surface area contributed by atoms with Crippen molar-refractivity contribution in [1.29, 1.82) is 0 Å². The maximum atomic E-state index is 2.72. The summed E-state index contributed by atoms with van der Waals surface area (Å²) in [7, 11) is 0. The Morgan fingerprint density at radius 2 is 1.50 bits per heavy atom. The third-order valence-electron chi connectivity index (χ3n) is 4.48. The Morgan fingerprint density at radius 3 is 1.94 bits per heavy atom. The second kappa shape index (κ2) is 3.99. The largest absolute Gasteiger partial charge is 0.298 e. The molecule has 16 heavy (non-hydrogen) atoms. The third-order valence-corrected chi connectivity index (χ3v) is 4.48. The van der Waals surface area contributed by atoms with Crippen molar-refractivity contribution in [3.05, 3.63) is 0 Å². The minimum absolute atomic E-state index is 0.367. The van der Waals surface area contributed by atoms with Crippen LogP contribution >= 0.6 is 0 Å². The molecule has 2 nitrogen and oxygen atoms in total. The summed E-state index contributed by atoms with van der Waals surface area (Å²) in [6.45, 7) is 17.0. The lowest BCUT2D eigenvalue weighted by molar-refractivity contribution is -0.0396. The van der Waals surface area contributed by atoms with E-state index in [0.29, 0.717) is 11.0 Å². The van der Waals surface area contributed by atoms with Crippen molar-refractivity contribution in [3.63, 3.8) is 0 Å². The summed E-state index contributed by atoms with van der Waals surface area (Å²) in [4.78, 5) is 5.31. The number of piperidine rings is 1. The Bertz CT molecular complexity index is 236. The lowest BCUT2D eigenvalue weighted by atomic mass is 9.81. The molecule has 0 bridgehead atoms. The first-order chi connectivity index (χ1) is 7.28. The van der Waals surface area contributed by atoms with E-state index in [2.05, 4.69) is 44.4 Å². The maximum absolute atomic E-state index is 2.72. The zero-order valence-electron chi connectivity index (χ0n) is 11.7. The van der Waals surface area contributed by atoms with Gasteiger partial charge in [-0.25, -0.2) is 0 Å². The van der Waals surface area contributed by atoms with Crippen molar-refractivity contribution >= 4 is 0 Å². The van der Waals surface area contributed by atoms with E-state index in [9.17, 15) is 0 Å². The van der Waals surface area contributed by atoms with Gasteiger partial charge in [0.1, 0.15) is 0 Å². The molecule has 2 saturated heterocycles. The van der Waals surface area contributed by atoms with Crippen molar-refractivity contribution in [3.8, 4) is 0 Å². The molecular formula is C14H28N2. The van der Waals surface area contributed by atoms with Crippen LogP contribution in [0.1, 0.15) is 47.5 Å². The lowest BCUT2D eigenvalue weighted by Gasteiger charge is -2.53. The molecular weight excluding hydrogens is 196 g/mol. The second-order valence-corrected chi connectivity index (χ2v) is 7.43. The molecule has 2 aliphatic heterocycles. The molecule has 0 aromatic carbocycles. The highest BCUT2D eigenvalue weighted by Crippen LogP contribution is 2.33. The number of hydrogen-bond donors (Lipinski definition) is 0. The van der Waals surface area contributed by atoms with Gasteiger partial charge < -0.3 is 0 Å². The Kier molecular flexibility index (Phi) is 3.09. The predicted octanol–water partition coefficient (Wildman–Crippen LogP) is 2.59. The Morgan fingerprint density at radius 1 is 1.00 bits per heavy atom. The van der Waals surface area contributed by atoms with Crippen LogP contribution < -0.4 is 0 Å². The highest BCUT2D eigenvalue weighted by atomic mass is 15.3. The van der Waals surface area contributed by atoms with Crippen molar-refractivity contribution in [2.24, 2.45) is 5.41 Å². The molecule has 0 aromatic heterocycles. The van der Waals surface area contributed by atoms with Crippen LogP contribution in [0.25, 0.3) is 0 Å². The van der Waals surface area contributed by atoms with Gasteiger partial charge in [0.15, 0.2) is 0 Å². The zero-order chi connectivity index (χ0) is 12.0. The molecule has 0 amide bonds. The molecule has 0 aromatic rings. The molecule has 0 radical (unpaired) electrons. The van der Waals surface area contributed by atoms with Gasteiger partial charge in [-0.05, 0) is 52.1 Å². The Balaban J connectivity index is 1.77. The minimum Gasteiger partial charge on any atom is -0.298 e. The highest BCUT2D eigenvalue weighted by Gasteiger charge is 2.39. The van der Waals surface area contributed by atoms with Gasteiger partial charge in [-0.3, -0.25) is 9.80 Å². The second-order valence-electron chi connectivity index (χ2n) is 7.43. The first-order valence-electron chi connectivity index (χ1n) is 6.77. The fraction of sp³-hybridized carbons (Fsp3) is 1.00. The van der Waals surface area contributed by atoms with Crippen molar-refractivity contribution < 1.29 is 0 Å². The lowest BCUT2D eigenvalue weighted by Crippen LogP contribution is -2.65. The van der Waals surface area contributed by atoms with Gasteiger partial charge in [0.2, 0.25) is 0 Å². The van der Waals surface area contributed by atoms with E-state index in [0.717, 1.165) is 6.04 Å². The topological polar surface area (TPSA) is 6.48 Å². The molecule has 0 N–H and O–H groups in total. The quantitative estimate of drug-likeness (QED) is 0.675. The number of rotatable bonds is 1. The fourth-order valence-corrected chi connectivity index (χ4v) is 2.73. The summed E-state index contributed by atoms with van der Waals surface area (Å²) in [6, 6.07) is 0.843. The third kappa shape index (κ3) is 2.60. The van der Waals surface area contributed by atoms with Crippen LogP contribution in [0.15, 0.2) is 0 Å². The van der Waals surface area contributed by atoms with Crippen molar-refractivity contribution in [2.45, 2.75) is 59.0 Å². The molecule has 0 unspecified atom stereocenters. The average molecular weight is 224 g/mol. The van der Waals surface area contributed by atoms with E-state index in [1.54, 1.807) is 0 Å². The van der Waals surface area contributed by atoms with E-state index in [1.807, 2.05) is 0 Å². The number of likely N-dealkylation sites (tertiary alicyclic amines) is 2. The summed E-state index contributed by atoms with van der Waals surface area (Å²) < 4.78 is 0. The van der Waals surface area contributed by atoms with Gasteiger partial charge in [0, 0.05) is 24.7 Å². The molecule has 2 aliphatic rings. The summed E-state index contributed by atoms with van der Waals surface area (Å²) in [5, 5.41) is 0. The van der Waals surface area contributed by atoms with Crippen LogP contribution in [0.4, 0.5) is 0 Å². The first kappa shape index (κ1) is 12.4. The van der Waals surface area contributed by atoms with Crippen LogP contribution in [-0.2, 0) is 0 Å². The van der Waals surface area contributed by atoms with Gasteiger partial charge in [0.25, 0.3) is 0 Å². The molecule has 0 saturated carbocycles. The van der Waals surface area contributed by atoms with Gasteiger partial charge in [-0.15, -0.1) is 0 Å². The van der Waals surface area contributed by atoms with Crippen LogP contribution in [-0.4, -0.2) is 47.6 Å². The molecule has 0 spiro atoms. The SMILES string of the molecule is CC1(C)CCN(C2CN(C(C)(C)C)C2)CC1. The van der Waals surface area contributed by atoms with Gasteiger partial charge in [0.05, 0.1) is 0 Å². The predicted molar refractivity (Wildman–Crippen MR) is 69.7 cm³/mol. The first-order valence-corrected chi connectivity index (χ1v) is 6.77. The molecule has 0 atom stereocenters. The monoisotopic (exact) mass is 224 g/mol. The van der Waals surface area contributed by atoms with E-state index >= 15 is 0 Å². The average Bonchev–Trinajstić information content (AvgIpc) is 2.02. The van der Waals surface area contributed by atoms with Gasteiger partial charge in [-0.2, -0.15) is 0 Å². The van der Waals surface area contributed by atoms with E-state index in [1.165, 1.54) is 39.0 Å². The van der Waals surface area contributed by atoms with Crippen LogP contribution in [0.2, 0.25) is 0 Å². The van der Waals surface area contributed by atoms with Crippen LogP contribution in [0.5, 0.6) is 0 Å². The fourth-order valence-electron chi connectivity index (χ4n) is 2.73. The van der Waals surface area contributed by atoms with E-state index < -0.39 is 0 Å². The van der Waals surface area contributed by atoms with Crippen LogP contribution in [0.3, 0.4) is 0 Å². The molecule has 2 rings (SSSR count). The maximum Gasteiger partial charge on any atom is 0.0350 e. The Labute approximate surface area is 101 Å². The normalized spacial score (nSPS) is 29.1. The molecule has 94 valence electrons. The van der Waals surface area contributed by atoms with Crippen molar-refractivity contribution in [2.75, 3.05) is 26.2 Å². The highest BCUT2D eigenvalue weighted by molar-refractivity contribution is 4.95. The summed E-state index contributed by atoms with van der Waals surface area (Å²) in [5.74, 6) is 0. The molecule has 0 aliphatic carbocycles. The van der Waals surface area contributed by atoms with Gasteiger partial charge in [-0.1, -0.05) is 13.8 Å². The molecule has 2 heteroatoms. The number of hydrogen-bond acceptors (Lipinski definition) is 2. The van der Waals surface area contributed by atoms with Gasteiger partial charge >= 0.3 is 0 Å². The summed E-state index contributed by atoms with van der Waals surface area (Å²) >= 11 is 0. The van der Waals surface area contributed by atoms with E-state index in [4.69, 9.17) is 0 Å². The molecule has 2 fully saturated rings. The standard InChI is InChI=1S/C14H28N2/c1-13(2,3)16-10-12(11-16)15-8-6-14(4,5)7-9-15/h12H,6-11H2,1-5H3.